The normalized spacial score (nSPS) is 17.1. The number of carbonyl (C=O) groups is 3. The zero-order valence-corrected chi connectivity index (χ0v) is 13.8. The van der Waals surface area contributed by atoms with Gasteiger partial charge in [0.15, 0.2) is 0 Å². The van der Waals surface area contributed by atoms with Gasteiger partial charge in [-0.3, -0.25) is 9.59 Å². The quantitative estimate of drug-likeness (QED) is 0.923. The van der Waals surface area contributed by atoms with Crippen LogP contribution in [0.1, 0.15) is 25.8 Å². The van der Waals surface area contributed by atoms with Crippen molar-refractivity contribution in [3.05, 3.63) is 52.2 Å². The molecule has 1 saturated heterocycles. The van der Waals surface area contributed by atoms with Gasteiger partial charge in [0.05, 0.1) is 4.88 Å². The van der Waals surface area contributed by atoms with Crippen molar-refractivity contribution in [2.24, 2.45) is 0 Å². The minimum Gasteiger partial charge on any atom is -0.477 e. The number of carboxylic acids is 1. The van der Waals surface area contributed by atoms with Gasteiger partial charge in [-0.2, -0.15) is 0 Å². The fourth-order valence-corrected chi connectivity index (χ4v) is 3.60. The second-order valence-electron chi connectivity index (χ2n) is 5.52. The number of anilines is 1. The van der Waals surface area contributed by atoms with E-state index < -0.39 is 12.0 Å². The average molecular weight is 344 g/mol. The predicted molar refractivity (Wildman–Crippen MR) is 90.6 cm³/mol. The van der Waals surface area contributed by atoms with Gasteiger partial charge in [0.25, 0.3) is 5.91 Å². The Morgan fingerprint density at radius 1 is 1.17 bits per heavy atom. The van der Waals surface area contributed by atoms with E-state index in [2.05, 4.69) is 0 Å². The van der Waals surface area contributed by atoms with E-state index in [1.165, 1.54) is 17.0 Å². The van der Waals surface area contributed by atoms with Gasteiger partial charge in [-0.15, -0.1) is 11.3 Å². The molecule has 0 saturated carbocycles. The Bertz CT molecular complexity index is 787. The Morgan fingerprint density at radius 3 is 2.46 bits per heavy atom. The molecule has 1 atom stereocenters. The van der Waals surface area contributed by atoms with Crippen LogP contribution in [0, 0.1) is 0 Å². The first-order valence-electron chi connectivity index (χ1n) is 7.45. The van der Waals surface area contributed by atoms with Crippen molar-refractivity contribution in [3.8, 4) is 0 Å². The Labute approximate surface area is 142 Å². The van der Waals surface area contributed by atoms with Crippen LogP contribution in [0.4, 0.5) is 5.69 Å². The van der Waals surface area contributed by atoms with Gasteiger partial charge in [0.2, 0.25) is 5.91 Å². The fourth-order valence-electron chi connectivity index (χ4n) is 2.77. The molecule has 7 heteroatoms. The van der Waals surface area contributed by atoms with Crippen molar-refractivity contribution >= 4 is 34.8 Å². The standard InChI is InChI=1S/C17H16N2O4S/c1-18(16(21)13-7-8-14(24-13)17(22)23)12-9-10-19(15(12)20)11-5-3-2-4-6-11/h2-8,12H,9-10H2,1H3,(H,22,23)/t12-/m1/s1. The van der Waals surface area contributed by atoms with Crippen LogP contribution < -0.4 is 4.90 Å². The number of carbonyl (C=O) groups excluding carboxylic acids is 2. The lowest BCUT2D eigenvalue weighted by molar-refractivity contribution is -0.120. The molecule has 0 aliphatic carbocycles. The summed E-state index contributed by atoms with van der Waals surface area (Å²) in [5.74, 6) is -1.51. The van der Waals surface area contributed by atoms with Gasteiger partial charge >= 0.3 is 5.97 Å². The smallest absolute Gasteiger partial charge is 0.345 e. The van der Waals surface area contributed by atoms with E-state index in [-0.39, 0.29) is 16.7 Å². The van der Waals surface area contributed by atoms with Crippen LogP contribution >= 0.6 is 11.3 Å². The molecule has 2 amide bonds. The molecule has 1 N–H and O–H groups in total. The summed E-state index contributed by atoms with van der Waals surface area (Å²) in [6, 6.07) is 11.7. The van der Waals surface area contributed by atoms with Crippen molar-refractivity contribution in [3.63, 3.8) is 0 Å². The molecule has 1 aliphatic heterocycles. The highest BCUT2D eigenvalue weighted by Crippen LogP contribution is 2.26. The maximum atomic E-state index is 12.6. The lowest BCUT2D eigenvalue weighted by Gasteiger charge is -2.23. The van der Waals surface area contributed by atoms with Crippen LogP contribution in [-0.2, 0) is 4.79 Å². The lowest BCUT2D eigenvalue weighted by Crippen LogP contribution is -2.42. The summed E-state index contributed by atoms with van der Waals surface area (Å²) < 4.78 is 0. The van der Waals surface area contributed by atoms with Gasteiger partial charge in [-0.25, -0.2) is 4.79 Å². The minimum absolute atomic E-state index is 0.107. The first kappa shape index (κ1) is 16.2. The second kappa shape index (κ2) is 6.45. The maximum absolute atomic E-state index is 12.6. The summed E-state index contributed by atoms with van der Waals surface area (Å²) >= 11 is 0.919. The predicted octanol–water partition coefficient (Wildman–Crippen LogP) is 2.32. The SMILES string of the molecule is CN(C(=O)c1ccc(C(=O)O)s1)[C@@H]1CCN(c2ccccc2)C1=O. The summed E-state index contributed by atoms with van der Waals surface area (Å²) in [4.78, 5) is 39.6. The van der Waals surface area contributed by atoms with E-state index in [4.69, 9.17) is 5.11 Å². The molecule has 0 spiro atoms. The van der Waals surface area contributed by atoms with Crippen molar-refractivity contribution in [1.29, 1.82) is 0 Å². The largest absolute Gasteiger partial charge is 0.477 e. The number of benzene rings is 1. The first-order valence-corrected chi connectivity index (χ1v) is 8.27. The number of carboxylic acid groups (broad SMARTS) is 1. The third-order valence-electron chi connectivity index (χ3n) is 4.06. The van der Waals surface area contributed by atoms with Gasteiger partial charge < -0.3 is 14.9 Å². The lowest BCUT2D eigenvalue weighted by atomic mass is 10.2. The number of likely N-dealkylation sites (N-methyl/N-ethyl adjacent to an activating group) is 1. The first-order chi connectivity index (χ1) is 11.5. The number of hydrogen-bond acceptors (Lipinski definition) is 4. The molecule has 2 aromatic rings. The molecule has 24 heavy (non-hydrogen) atoms. The van der Waals surface area contributed by atoms with Crippen molar-refractivity contribution in [2.75, 3.05) is 18.5 Å². The highest BCUT2D eigenvalue weighted by Gasteiger charge is 2.37. The molecule has 0 bridgehead atoms. The number of nitrogens with zero attached hydrogens (tertiary/aromatic N) is 2. The molecular weight excluding hydrogens is 328 g/mol. The summed E-state index contributed by atoms with van der Waals surface area (Å²) in [5, 5.41) is 8.96. The summed E-state index contributed by atoms with van der Waals surface area (Å²) in [7, 11) is 1.58. The van der Waals surface area contributed by atoms with E-state index in [0.29, 0.717) is 17.8 Å². The highest BCUT2D eigenvalue weighted by atomic mass is 32.1. The third-order valence-corrected chi connectivity index (χ3v) is 5.12. The number of aromatic carboxylic acids is 1. The molecular formula is C17H16N2O4S. The van der Waals surface area contributed by atoms with E-state index in [1.807, 2.05) is 30.3 Å². The number of hydrogen-bond donors (Lipinski definition) is 1. The molecule has 3 rings (SSSR count). The Kier molecular flexibility index (Phi) is 4.35. The van der Waals surface area contributed by atoms with Crippen molar-refractivity contribution < 1.29 is 19.5 Å². The van der Waals surface area contributed by atoms with Gasteiger partial charge in [-0.1, -0.05) is 18.2 Å². The number of rotatable bonds is 4. The summed E-state index contributed by atoms with van der Waals surface area (Å²) in [6.07, 6.45) is 0.549. The maximum Gasteiger partial charge on any atom is 0.345 e. The number of amides is 2. The molecule has 0 radical (unpaired) electrons. The molecule has 1 aromatic heterocycles. The Hall–Kier alpha value is -2.67. The highest BCUT2D eigenvalue weighted by molar-refractivity contribution is 7.15. The Balaban J connectivity index is 1.75. The molecule has 1 aromatic carbocycles. The molecule has 0 unspecified atom stereocenters. The summed E-state index contributed by atoms with van der Waals surface area (Å²) in [6.45, 7) is 0.552. The van der Waals surface area contributed by atoms with E-state index in [1.54, 1.807) is 11.9 Å². The van der Waals surface area contributed by atoms with Gasteiger partial charge in [0.1, 0.15) is 10.9 Å². The molecule has 2 heterocycles. The summed E-state index contributed by atoms with van der Waals surface area (Å²) in [5.41, 5.74) is 0.815. The number of thiophene rings is 1. The zero-order chi connectivity index (χ0) is 17.3. The average Bonchev–Trinajstić information content (AvgIpc) is 3.21. The van der Waals surface area contributed by atoms with Gasteiger partial charge in [0, 0.05) is 19.3 Å². The van der Waals surface area contributed by atoms with Crippen LogP contribution in [-0.4, -0.2) is 47.4 Å². The molecule has 124 valence electrons. The van der Waals surface area contributed by atoms with Crippen LogP contribution in [0.5, 0.6) is 0 Å². The fraction of sp³-hybridized carbons (Fsp3) is 0.235. The van der Waals surface area contributed by atoms with Crippen molar-refractivity contribution in [1.82, 2.24) is 4.90 Å². The minimum atomic E-state index is -1.06. The van der Waals surface area contributed by atoms with E-state index >= 15 is 0 Å². The van der Waals surface area contributed by atoms with Gasteiger partial charge in [-0.05, 0) is 30.7 Å². The molecule has 1 aliphatic rings. The topological polar surface area (TPSA) is 77.9 Å². The van der Waals surface area contributed by atoms with Crippen LogP contribution in [0.25, 0.3) is 0 Å². The molecule has 6 nitrogen and oxygen atoms in total. The van der Waals surface area contributed by atoms with E-state index in [9.17, 15) is 14.4 Å². The number of para-hydroxylation sites is 1. The van der Waals surface area contributed by atoms with Crippen LogP contribution in [0.2, 0.25) is 0 Å². The van der Waals surface area contributed by atoms with Crippen LogP contribution in [0.15, 0.2) is 42.5 Å². The Morgan fingerprint density at radius 2 is 1.83 bits per heavy atom. The monoisotopic (exact) mass is 344 g/mol. The second-order valence-corrected chi connectivity index (χ2v) is 6.60. The van der Waals surface area contributed by atoms with E-state index in [0.717, 1.165) is 17.0 Å². The molecule has 1 fully saturated rings. The third kappa shape index (κ3) is 2.90. The zero-order valence-electron chi connectivity index (χ0n) is 13.0. The van der Waals surface area contributed by atoms with Crippen LogP contribution in [0.3, 0.4) is 0 Å². The van der Waals surface area contributed by atoms with Crippen molar-refractivity contribution in [2.45, 2.75) is 12.5 Å².